The van der Waals surface area contributed by atoms with Gasteiger partial charge in [-0.1, -0.05) is 23.2 Å². The summed E-state index contributed by atoms with van der Waals surface area (Å²) < 4.78 is 1.11. The van der Waals surface area contributed by atoms with Gasteiger partial charge < -0.3 is 10.3 Å². The monoisotopic (exact) mass is 507 g/mol. The molecule has 1 amide bonds. The number of fused-ring (bicyclic) bond motifs is 1. The van der Waals surface area contributed by atoms with Crippen LogP contribution in [0.4, 0.5) is 5.69 Å². The molecule has 1 aromatic heterocycles. The van der Waals surface area contributed by atoms with Gasteiger partial charge in [0.05, 0.1) is 16.1 Å². The van der Waals surface area contributed by atoms with E-state index < -0.39 is 0 Å². The molecule has 0 aliphatic heterocycles. The molecule has 0 bridgehead atoms. The van der Waals surface area contributed by atoms with Crippen LogP contribution in [-0.4, -0.2) is 15.9 Å². The highest BCUT2D eigenvalue weighted by Crippen LogP contribution is 2.30. The number of carbonyl (C=O) groups excluding carboxylic acids is 1. The third-order valence-corrected chi connectivity index (χ3v) is 5.30. The zero-order chi connectivity index (χ0) is 19.0. The highest BCUT2D eigenvalue weighted by Gasteiger charge is 2.12. The van der Waals surface area contributed by atoms with Crippen LogP contribution in [-0.2, 0) is 0 Å². The Kier molecular flexibility index (Phi) is 5.08. The first-order chi connectivity index (χ1) is 13.0. The van der Waals surface area contributed by atoms with Crippen molar-refractivity contribution in [3.63, 3.8) is 0 Å². The van der Waals surface area contributed by atoms with Crippen LogP contribution < -0.4 is 5.32 Å². The molecule has 4 nitrogen and oxygen atoms in total. The van der Waals surface area contributed by atoms with Gasteiger partial charge in [0.25, 0.3) is 5.91 Å². The summed E-state index contributed by atoms with van der Waals surface area (Å²) >= 11 is 14.4. The number of nitrogens with zero attached hydrogens (tertiary/aromatic N) is 1. The first kappa shape index (κ1) is 18.3. The maximum Gasteiger partial charge on any atom is 0.255 e. The number of rotatable bonds is 3. The van der Waals surface area contributed by atoms with Crippen LogP contribution in [0, 0.1) is 3.57 Å². The van der Waals surface area contributed by atoms with Gasteiger partial charge in [0.1, 0.15) is 5.82 Å². The van der Waals surface area contributed by atoms with E-state index in [0.717, 1.165) is 20.3 Å². The Labute approximate surface area is 179 Å². The quantitative estimate of drug-likeness (QED) is 0.315. The minimum Gasteiger partial charge on any atom is -0.338 e. The second kappa shape index (κ2) is 7.50. The van der Waals surface area contributed by atoms with E-state index in [4.69, 9.17) is 23.2 Å². The van der Waals surface area contributed by atoms with Gasteiger partial charge in [-0.25, -0.2) is 4.98 Å². The minimum absolute atomic E-state index is 0.188. The fourth-order valence-corrected chi connectivity index (χ4v) is 3.55. The van der Waals surface area contributed by atoms with E-state index in [-0.39, 0.29) is 5.91 Å². The van der Waals surface area contributed by atoms with Crippen molar-refractivity contribution in [1.29, 1.82) is 0 Å². The Balaban J connectivity index is 1.64. The van der Waals surface area contributed by atoms with Crippen LogP contribution in [0.2, 0.25) is 10.0 Å². The summed E-state index contributed by atoms with van der Waals surface area (Å²) in [5.74, 6) is 0.439. The van der Waals surface area contributed by atoms with Gasteiger partial charge >= 0.3 is 0 Å². The lowest BCUT2D eigenvalue weighted by Crippen LogP contribution is -2.11. The summed E-state index contributed by atoms with van der Waals surface area (Å²) in [7, 11) is 0. The standard InChI is InChI=1S/C20H12Cl2IN3O/c21-12-2-7-15(16(22)10-12)19-25-17-8-1-11(9-18(17)26-19)20(27)24-14-5-3-13(23)4-6-14/h1-10H,(H,24,27)(H,25,26). The molecule has 0 aliphatic carbocycles. The SMILES string of the molecule is O=C(Nc1ccc(I)cc1)c1ccc2[nH]c(-c3ccc(Cl)cc3Cl)nc2c1. The molecular formula is C20H12Cl2IN3O. The van der Waals surface area contributed by atoms with Crippen LogP contribution in [0.25, 0.3) is 22.4 Å². The maximum atomic E-state index is 12.5. The number of aromatic amines is 1. The Morgan fingerprint density at radius 2 is 1.78 bits per heavy atom. The number of hydrogen-bond acceptors (Lipinski definition) is 2. The predicted octanol–water partition coefficient (Wildman–Crippen LogP) is 6.39. The van der Waals surface area contributed by atoms with Gasteiger partial charge in [0.15, 0.2) is 0 Å². The van der Waals surface area contributed by atoms with Crippen LogP contribution in [0.15, 0.2) is 60.7 Å². The molecule has 0 fully saturated rings. The van der Waals surface area contributed by atoms with Gasteiger partial charge in [-0.2, -0.15) is 0 Å². The molecule has 27 heavy (non-hydrogen) atoms. The molecular weight excluding hydrogens is 496 g/mol. The van der Waals surface area contributed by atoms with Crippen molar-refractivity contribution in [2.24, 2.45) is 0 Å². The van der Waals surface area contributed by atoms with Crippen molar-refractivity contribution in [3.8, 4) is 11.4 Å². The molecule has 4 rings (SSSR count). The number of halogens is 3. The van der Waals surface area contributed by atoms with E-state index in [0.29, 0.717) is 26.9 Å². The Bertz CT molecular complexity index is 1160. The number of carbonyl (C=O) groups is 1. The molecule has 0 atom stereocenters. The van der Waals surface area contributed by atoms with Crippen molar-refractivity contribution in [2.75, 3.05) is 5.32 Å². The lowest BCUT2D eigenvalue weighted by atomic mass is 10.2. The van der Waals surface area contributed by atoms with Crippen molar-refractivity contribution >= 4 is 68.4 Å². The average Bonchev–Trinajstić information content (AvgIpc) is 3.06. The number of aromatic nitrogens is 2. The summed E-state index contributed by atoms with van der Waals surface area (Å²) in [6.45, 7) is 0. The molecule has 7 heteroatoms. The van der Waals surface area contributed by atoms with Gasteiger partial charge in [-0.3, -0.25) is 4.79 Å². The first-order valence-electron chi connectivity index (χ1n) is 8.02. The molecule has 0 unspecified atom stereocenters. The fourth-order valence-electron chi connectivity index (χ4n) is 2.69. The number of anilines is 1. The van der Waals surface area contributed by atoms with Crippen LogP contribution in [0.1, 0.15) is 10.4 Å². The number of nitrogens with one attached hydrogen (secondary N) is 2. The zero-order valence-electron chi connectivity index (χ0n) is 13.8. The molecule has 4 aromatic rings. The second-order valence-electron chi connectivity index (χ2n) is 5.90. The van der Waals surface area contributed by atoms with E-state index in [1.54, 1.807) is 24.3 Å². The highest BCUT2D eigenvalue weighted by molar-refractivity contribution is 14.1. The molecule has 0 aliphatic rings. The van der Waals surface area contributed by atoms with Crippen LogP contribution >= 0.6 is 45.8 Å². The third kappa shape index (κ3) is 3.95. The van der Waals surface area contributed by atoms with Gasteiger partial charge in [-0.15, -0.1) is 0 Å². The Morgan fingerprint density at radius 1 is 1.00 bits per heavy atom. The van der Waals surface area contributed by atoms with Crippen molar-refractivity contribution < 1.29 is 4.79 Å². The molecule has 0 saturated carbocycles. The van der Waals surface area contributed by atoms with Crippen molar-refractivity contribution in [3.05, 3.63) is 79.8 Å². The Hall–Kier alpha value is -2.09. The van der Waals surface area contributed by atoms with Crippen molar-refractivity contribution in [1.82, 2.24) is 9.97 Å². The molecule has 1 heterocycles. The van der Waals surface area contributed by atoms with E-state index in [1.807, 2.05) is 36.4 Å². The van der Waals surface area contributed by atoms with E-state index in [2.05, 4.69) is 37.9 Å². The lowest BCUT2D eigenvalue weighted by Gasteiger charge is -2.05. The third-order valence-electron chi connectivity index (χ3n) is 4.03. The Morgan fingerprint density at radius 3 is 2.52 bits per heavy atom. The smallest absolute Gasteiger partial charge is 0.255 e. The van der Waals surface area contributed by atoms with Crippen LogP contribution in [0.5, 0.6) is 0 Å². The summed E-state index contributed by atoms with van der Waals surface area (Å²) in [5, 5.41) is 3.96. The number of amides is 1. The van der Waals surface area contributed by atoms with Gasteiger partial charge in [0, 0.05) is 25.4 Å². The van der Waals surface area contributed by atoms with E-state index >= 15 is 0 Å². The molecule has 0 saturated heterocycles. The summed E-state index contributed by atoms with van der Waals surface area (Å²) in [6.07, 6.45) is 0. The van der Waals surface area contributed by atoms with E-state index in [9.17, 15) is 4.79 Å². The number of hydrogen-bond donors (Lipinski definition) is 2. The zero-order valence-corrected chi connectivity index (χ0v) is 17.4. The topological polar surface area (TPSA) is 57.8 Å². The summed E-state index contributed by atoms with van der Waals surface area (Å²) in [4.78, 5) is 20.3. The van der Waals surface area contributed by atoms with Crippen LogP contribution in [0.3, 0.4) is 0 Å². The maximum absolute atomic E-state index is 12.5. The molecule has 134 valence electrons. The fraction of sp³-hybridized carbons (Fsp3) is 0. The highest BCUT2D eigenvalue weighted by atomic mass is 127. The molecule has 3 aromatic carbocycles. The molecule has 0 radical (unpaired) electrons. The minimum atomic E-state index is -0.188. The lowest BCUT2D eigenvalue weighted by molar-refractivity contribution is 0.102. The first-order valence-corrected chi connectivity index (χ1v) is 9.85. The van der Waals surface area contributed by atoms with E-state index in [1.165, 1.54) is 0 Å². The normalized spacial score (nSPS) is 10.9. The predicted molar refractivity (Wildman–Crippen MR) is 119 cm³/mol. The number of benzene rings is 3. The van der Waals surface area contributed by atoms with Gasteiger partial charge in [-0.05, 0) is 83.3 Å². The van der Waals surface area contributed by atoms with Crippen molar-refractivity contribution in [2.45, 2.75) is 0 Å². The average molecular weight is 508 g/mol. The molecule has 2 N–H and O–H groups in total. The number of H-pyrrole nitrogens is 1. The second-order valence-corrected chi connectivity index (χ2v) is 7.99. The number of imidazole rings is 1. The molecule has 0 spiro atoms. The summed E-state index contributed by atoms with van der Waals surface area (Å²) in [6, 6.07) is 18.2. The summed E-state index contributed by atoms with van der Waals surface area (Å²) in [5.41, 5.74) is 3.53. The van der Waals surface area contributed by atoms with Gasteiger partial charge in [0.2, 0.25) is 0 Å². The largest absolute Gasteiger partial charge is 0.338 e.